The molecule has 0 aliphatic carbocycles. The number of hydrogen-bond acceptors (Lipinski definition) is 10. The van der Waals surface area contributed by atoms with Gasteiger partial charge in [0.2, 0.25) is 0 Å². The van der Waals surface area contributed by atoms with Gasteiger partial charge in [-0.05, 0) is 49.2 Å². The van der Waals surface area contributed by atoms with Crippen molar-refractivity contribution in [3.63, 3.8) is 0 Å². The predicted octanol–water partition coefficient (Wildman–Crippen LogP) is 5.02. The monoisotopic (exact) mass is 683 g/mol. The Morgan fingerprint density at radius 1 is 1.21 bits per heavy atom. The van der Waals surface area contributed by atoms with Crippen LogP contribution in [0.15, 0.2) is 64.2 Å². The maximum atomic E-state index is 16.4. The molecule has 47 heavy (non-hydrogen) atoms. The maximum absolute atomic E-state index is 16.4. The third-order valence-electron chi connectivity index (χ3n) is 8.83. The molecule has 0 unspecified atom stereocenters. The Balaban J connectivity index is 1.31. The molecule has 6 rings (SSSR count). The number of amidine groups is 1. The first kappa shape index (κ1) is 32.7. The number of nitrogens with zero attached hydrogens (tertiary/aromatic N) is 4. The molecular weight excluding hydrogens is 652 g/mol. The Bertz CT molecular complexity index is 1800. The van der Waals surface area contributed by atoms with E-state index in [9.17, 15) is 18.8 Å². The van der Waals surface area contributed by atoms with E-state index in [1.54, 1.807) is 43.6 Å². The minimum atomic E-state index is -2.10. The number of amides is 1. The summed E-state index contributed by atoms with van der Waals surface area (Å²) < 4.78 is 41.4. The van der Waals surface area contributed by atoms with Crippen molar-refractivity contribution < 1.29 is 32.6 Å². The number of fused-ring (bicyclic) bond motifs is 1. The number of nitrogens with one attached hydrogen (secondary N) is 1. The molecule has 1 N–H and O–H groups in total. The summed E-state index contributed by atoms with van der Waals surface area (Å²) in [4.78, 5) is 51.6. The molecule has 10 nitrogen and oxygen atoms in total. The summed E-state index contributed by atoms with van der Waals surface area (Å²) in [5.74, 6) is -2.58. The van der Waals surface area contributed by atoms with Gasteiger partial charge in [-0.3, -0.25) is 14.7 Å². The van der Waals surface area contributed by atoms with E-state index in [1.807, 2.05) is 4.90 Å². The molecule has 0 spiro atoms. The fourth-order valence-corrected chi connectivity index (χ4v) is 7.23. The minimum Gasteiger partial charge on any atom is -0.465 e. The third-order valence-corrected chi connectivity index (χ3v) is 9.93. The number of rotatable bonds is 8. The van der Waals surface area contributed by atoms with Crippen molar-refractivity contribution in [2.75, 3.05) is 44.8 Å². The van der Waals surface area contributed by atoms with Crippen LogP contribution in [0.5, 0.6) is 0 Å². The summed E-state index contributed by atoms with van der Waals surface area (Å²) in [5, 5.41) is 5.76. The molecular formula is C33H32ClF2N5O5S. The van der Waals surface area contributed by atoms with Crippen molar-refractivity contribution in [1.82, 2.24) is 15.2 Å². The molecule has 2 aromatic carbocycles. The second-order valence-electron chi connectivity index (χ2n) is 11.5. The number of ether oxygens (including phenoxy) is 2. The van der Waals surface area contributed by atoms with Crippen LogP contribution < -0.4 is 10.2 Å². The van der Waals surface area contributed by atoms with Crippen LogP contribution in [0.25, 0.3) is 0 Å². The number of alkyl halides is 1. The number of aliphatic imine (C=N–C) groups is 1. The van der Waals surface area contributed by atoms with Gasteiger partial charge in [0, 0.05) is 61.5 Å². The molecule has 0 radical (unpaired) electrons. The van der Waals surface area contributed by atoms with Crippen LogP contribution in [0.4, 0.5) is 14.5 Å². The Hall–Kier alpha value is -4.20. The Morgan fingerprint density at radius 3 is 2.72 bits per heavy atom. The van der Waals surface area contributed by atoms with Gasteiger partial charge in [0.15, 0.2) is 16.5 Å². The fourth-order valence-electron chi connectivity index (χ4n) is 6.39. The lowest BCUT2D eigenvalue weighted by molar-refractivity contribution is -0.139. The second-order valence-corrected chi connectivity index (χ2v) is 12.8. The number of hydrogen-bond donors (Lipinski definition) is 1. The molecule has 246 valence electrons. The zero-order chi connectivity index (χ0) is 33.5. The number of anilines is 1. The highest BCUT2D eigenvalue weighted by atomic mass is 35.5. The summed E-state index contributed by atoms with van der Waals surface area (Å²) in [6.07, 6.45) is 1.57. The summed E-state index contributed by atoms with van der Waals surface area (Å²) in [5.41, 5.74) is -0.0105. The van der Waals surface area contributed by atoms with Crippen LogP contribution in [0.3, 0.4) is 0 Å². The number of esters is 2. The normalized spacial score (nSPS) is 22.9. The van der Waals surface area contributed by atoms with Gasteiger partial charge >= 0.3 is 11.9 Å². The van der Waals surface area contributed by atoms with Crippen LogP contribution in [0.2, 0.25) is 5.02 Å². The second kappa shape index (κ2) is 13.1. The lowest BCUT2D eigenvalue weighted by atomic mass is 9.84. The molecule has 2 saturated heterocycles. The van der Waals surface area contributed by atoms with Gasteiger partial charge in [-0.25, -0.2) is 23.4 Å². The first-order valence-corrected chi connectivity index (χ1v) is 16.3. The Labute approximate surface area is 279 Å². The molecule has 3 aliphatic rings. The lowest BCUT2D eigenvalue weighted by Gasteiger charge is -2.38. The average Bonchev–Trinajstić information content (AvgIpc) is 3.69. The fraction of sp³-hybridized carbons (Fsp3) is 0.364. The highest BCUT2D eigenvalue weighted by molar-refractivity contribution is 7.11. The predicted molar refractivity (Wildman–Crippen MR) is 173 cm³/mol. The minimum absolute atomic E-state index is 0.0666. The highest BCUT2D eigenvalue weighted by Crippen LogP contribution is 2.43. The van der Waals surface area contributed by atoms with Gasteiger partial charge < -0.3 is 19.7 Å². The number of thiazole rings is 1. The smallest absolute Gasteiger partial charge is 0.339 e. The summed E-state index contributed by atoms with van der Waals surface area (Å²) >= 11 is 7.67. The Kier molecular flexibility index (Phi) is 9.14. The topological polar surface area (TPSA) is 113 Å². The number of carbonyl (C=O) groups is 3. The van der Waals surface area contributed by atoms with E-state index < -0.39 is 41.3 Å². The van der Waals surface area contributed by atoms with E-state index in [0.29, 0.717) is 33.4 Å². The van der Waals surface area contributed by atoms with Crippen molar-refractivity contribution in [1.29, 1.82) is 0 Å². The highest BCUT2D eigenvalue weighted by Gasteiger charge is 2.57. The summed E-state index contributed by atoms with van der Waals surface area (Å²) in [6.45, 7) is 4.17. The third kappa shape index (κ3) is 6.03. The molecule has 14 heteroatoms. The van der Waals surface area contributed by atoms with Crippen LogP contribution in [-0.2, 0) is 19.1 Å². The van der Waals surface area contributed by atoms with Crippen LogP contribution in [-0.4, -0.2) is 79.1 Å². The number of carbonyl (C=O) groups excluding carboxylic acids is 3. The molecule has 0 bridgehead atoms. The SMILES string of the molecule is CCOC(=O)C1=C(CN2CC[C@]3(F)C(=O)N(c4ccc(C(=O)OC)c(Cl)c4)C[C@@H]3C2)NC(c2nccs2)=N[C@H]1c1cccc(F)c1C. The maximum Gasteiger partial charge on any atom is 0.339 e. The van der Waals surface area contributed by atoms with Crippen LogP contribution in [0, 0.1) is 18.7 Å². The van der Waals surface area contributed by atoms with E-state index in [4.69, 9.17) is 26.1 Å². The molecule has 3 atom stereocenters. The molecule has 4 heterocycles. The first-order valence-electron chi connectivity index (χ1n) is 15.1. The van der Waals surface area contributed by atoms with Crippen molar-refractivity contribution in [3.8, 4) is 0 Å². The summed E-state index contributed by atoms with van der Waals surface area (Å²) in [7, 11) is 1.24. The van der Waals surface area contributed by atoms with Crippen molar-refractivity contribution in [2.24, 2.45) is 10.9 Å². The van der Waals surface area contributed by atoms with Crippen molar-refractivity contribution in [2.45, 2.75) is 32.0 Å². The standard InChI is InChI=1S/C33H32ClF2N5O5S/c1-4-46-31(43)26-25(38-28(29-37-11-13-47-29)39-27(26)21-6-5-7-24(35)18(21)2)17-40-12-10-33(36)19(15-40)16-41(32(33)44)20-8-9-22(23(34)14-20)30(42)45-3/h5-9,11,13-14,19,27H,4,10,12,15-17H2,1-3H3,(H,38,39)/t19-,27-,33+/m0/s1. The van der Waals surface area contributed by atoms with Gasteiger partial charge in [-0.15, -0.1) is 11.3 Å². The quantitative estimate of drug-likeness (QED) is 0.330. The number of aromatic nitrogens is 1. The van der Waals surface area contributed by atoms with E-state index in [2.05, 4.69) is 10.3 Å². The molecule has 3 aliphatic heterocycles. The average molecular weight is 684 g/mol. The van der Waals surface area contributed by atoms with Crippen molar-refractivity contribution in [3.05, 3.63) is 91.8 Å². The van der Waals surface area contributed by atoms with Gasteiger partial charge in [0.25, 0.3) is 5.91 Å². The Morgan fingerprint density at radius 2 is 2.02 bits per heavy atom. The van der Waals surface area contributed by atoms with Crippen molar-refractivity contribution >= 4 is 52.3 Å². The molecule has 1 amide bonds. The number of likely N-dealkylation sites (tertiary alicyclic amines) is 1. The zero-order valence-electron chi connectivity index (χ0n) is 25.9. The number of piperidine rings is 1. The number of methoxy groups -OCH3 is 1. The largest absolute Gasteiger partial charge is 0.465 e. The van der Waals surface area contributed by atoms with Gasteiger partial charge in [-0.1, -0.05) is 23.7 Å². The van der Waals surface area contributed by atoms with Crippen LogP contribution >= 0.6 is 22.9 Å². The summed E-state index contributed by atoms with van der Waals surface area (Å²) in [6, 6.07) is 8.23. The zero-order valence-corrected chi connectivity index (χ0v) is 27.5. The van der Waals surface area contributed by atoms with E-state index >= 15 is 4.39 Å². The van der Waals surface area contributed by atoms with Crippen LogP contribution in [0.1, 0.15) is 45.9 Å². The van der Waals surface area contributed by atoms with E-state index in [1.165, 1.54) is 41.5 Å². The lowest BCUT2D eigenvalue weighted by Crippen LogP contribution is -2.52. The van der Waals surface area contributed by atoms with Gasteiger partial charge in [0.05, 0.1) is 29.9 Å². The molecule has 2 fully saturated rings. The van der Waals surface area contributed by atoms with Gasteiger partial charge in [0.1, 0.15) is 11.9 Å². The van der Waals surface area contributed by atoms with E-state index in [0.717, 1.165) is 0 Å². The first-order chi connectivity index (χ1) is 22.5. The molecule has 1 aromatic heterocycles. The molecule has 3 aromatic rings. The molecule has 0 saturated carbocycles. The number of halogens is 3. The van der Waals surface area contributed by atoms with E-state index in [-0.39, 0.29) is 55.4 Å². The van der Waals surface area contributed by atoms with Gasteiger partial charge in [-0.2, -0.15) is 0 Å². The number of benzene rings is 2.